The normalized spacial score (nSPS) is 21.0. The number of nitrogens with one attached hydrogen (secondary N) is 1. The van der Waals surface area contributed by atoms with Gasteiger partial charge in [0.05, 0.1) is 25.1 Å². The molecule has 1 aromatic heterocycles. The van der Waals surface area contributed by atoms with Crippen LogP contribution in [0.5, 0.6) is 0 Å². The fourth-order valence-corrected chi connectivity index (χ4v) is 4.36. The molecule has 0 radical (unpaired) electrons. The number of aromatic nitrogens is 2. The SMILES string of the molecule is O=C(CC[C@@H]1CCCN(Cc2cn[nH]c2-c2ccccc2)C1)N1CCOCC1. The molecule has 2 aromatic rings. The molecule has 2 fully saturated rings. The summed E-state index contributed by atoms with van der Waals surface area (Å²) in [7, 11) is 0. The van der Waals surface area contributed by atoms with Crippen LogP contribution in [0, 0.1) is 5.92 Å². The van der Waals surface area contributed by atoms with Gasteiger partial charge < -0.3 is 9.64 Å². The minimum atomic E-state index is 0.293. The summed E-state index contributed by atoms with van der Waals surface area (Å²) in [6, 6.07) is 10.4. The fourth-order valence-electron chi connectivity index (χ4n) is 4.36. The van der Waals surface area contributed by atoms with Crippen LogP contribution < -0.4 is 0 Å². The molecule has 6 heteroatoms. The Morgan fingerprint density at radius 3 is 2.82 bits per heavy atom. The number of hydrogen-bond donors (Lipinski definition) is 1. The minimum absolute atomic E-state index is 0.293. The van der Waals surface area contributed by atoms with Crippen LogP contribution in [0.15, 0.2) is 36.5 Å². The van der Waals surface area contributed by atoms with Crippen molar-refractivity contribution in [3.63, 3.8) is 0 Å². The van der Waals surface area contributed by atoms with Crippen molar-refractivity contribution in [2.24, 2.45) is 5.92 Å². The van der Waals surface area contributed by atoms with Crippen molar-refractivity contribution in [2.45, 2.75) is 32.2 Å². The monoisotopic (exact) mass is 382 g/mol. The number of morpholine rings is 1. The van der Waals surface area contributed by atoms with Gasteiger partial charge in [0.25, 0.3) is 0 Å². The second-order valence-electron chi connectivity index (χ2n) is 7.91. The van der Waals surface area contributed by atoms with Crippen LogP contribution in [-0.2, 0) is 16.1 Å². The number of amides is 1. The molecule has 0 spiro atoms. The van der Waals surface area contributed by atoms with Crippen molar-refractivity contribution < 1.29 is 9.53 Å². The zero-order valence-corrected chi connectivity index (χ0v) is 16.5. The van der Waals surface area contributed by atoms with Crippen molar-refractivity contribution in [3.05, 3.63) is 42.1 Å². The zero-order valence-electron chi connectivity index (χ0n) is 16.5. The third kappa shape index (κ3) is 4.80. The number of ether oxygens (including phenoxy) is 1. The van der Waals surface area contributed by atoms with Gasteiger partial charge in [-0.25, -0.2) is 0 Å². The molecule has 2 aliphatic rings. The Morgan fingerprint density at radius 2 is 2.00 bits per heavy atom. The van der Waals surface area contributed by atoms with Crippen molar-refractivity contribution >= 4 is 5.91 Å². The summed E-state index contributed by atoms with van der Waals surface area (Å²) in [5, 5.41) is 7.44. The predicted octanol–water partition coefficient (Wildman–Crippen LogP) is 2.93. The van der Waals surface area contributed by atoms with E-state index in [1.54, 1.807) is 0 Å². The number of carbonyl (C=O) groups excluding carboxylic acids is 1. The number of nitrogens with zero attached hydrogens (tertiary/aromatic N) is 3. The number of likely N-dealkylation sites (tertiary alicyclic amines) is 1. The molecule has 1 aromatic carbocycles. The van der Waals surface area contributed by atoms with Crippen molar-refractivity contribution in [2.75, 3.05) is 39.4 Å². The molecule has 6 nitrogen and oxygen atoms in total. The number of aromatic amines is 1. The van der Waals surface area contributed by atoms with Crippen LogP contribution in [0.4, 0.5) is 0 Å². The highest BCUT2D eigenvalue weighted by atomic mass is 16.5. The first kappa shape index (κ1) is 19.2. The summed E-state index contributed by atoms with van der Waals surface area (Å²) in [4.78, 5) is 16.9. The summed E-state index contributed by atoms with van der Waals surface area (Å²) in [6.45, 7) is 5.95. The Kier molecular flexibility index (Phi) is 6.39. The Labute approximate surface area is 166 Å². The first-order chi connectivity index (χ1) is 13.8. The summed E-state index contributed by atoms with van der Waals surface area (Å²) in [5.41, 5.74) is 3.54. The number of H-pyrrole nitrogens is 1. The highest BCUT2D eigenvalue weighted by Crippen LogP contribution is 2.26. The second kappa shape index (κ2) is 9.34. The molecule has 3 heterocycles. The number of benzene rings is 1. The van der Waals surface area contributed by atoms with Crippen molar-refractivity contribution in [3.8, 4) is 11.3 Å². The van der Waals surface area contributed by atoms with Gasteiger partial charge in [-0.05, 0) is 37.3 Å². The highest BCUT2D eigenvalue weighted by molar-refractivity contribution is 5.76. The Hall–Kier alpha value is -2.18. The lowest BCUT2D eigenvalue weighted by Gasteiger charge is -2.33. The van der Waals surface area contributed by atoms with E-state index in [2.05, 4.69) is 39.4 Å². The Morgan fingerprint density at radius 1 is 1.18 bits per heavy atom. The average molecular weight is 383 g/mol. The number of hydrogen-bond acceptors (Lipinski definition) is 4. The van der Waals surface area contributed by atoms with E-state index in [9.17, 15) is 4.79 Å². The van der Waals surface area contributed by atoms with Gasteiger partial charge in [-0.3, -0.25) is 14.8 Å². The topological polar surface area (TPSA) is 61.5 Å². The van der Waals surface area contributed by atoms with Crippen LogP contribution in [0.1, 0.15) is 31.2 Å². The van der Waals surface area contributed by atoms with Gasteiger partial charge in [0.15, 0.2) is 0 Å². The second-order valence-corrected chi connectivity index (χ2v) is 7.91. The molecular weight excluding hydrogens is 352 g/mol. The van der Waals surface area contributed by atoms with Gasteiger partial charge in [0.1, 0.15) is 0 Å². The van der Waals surface area contributed by atoms with Crippen LogP contribution in [0.3, 0.4) is 0 Å². The standard InChI is InChI=1S/C22H30N4O2/c27-21(26-11-13-28-14-12-26)9-8-18-5-4-10-25(16-18)17-20-15-23-24-22(20)19-6-2-1-3-7-19/h1-3,6-7,15,18H,4-5,8-14,16-17H2,(H,23,24)/t18-/m0/s1. The number of piperidine rings is 1. The summed E-state index contributed by atoms with van der Waals surface area (Å²) in [5.74, 6) is 0.896. The van der Waals surface area contributed by atoms with Gasteiger partial charge in [0, 0.05) is 38.2 Å². The lowest BCUT2D eigenvalue weighted by Crippen LogP contribution is -2.41. The smallest absolute Gasteiger partial charge is 0.222 e. The van der Waals surface area contributed by atoms with Gasteiger partial charge in [-0.1, -0.05) is 30.3 Å². The molecule has 2 aliphatic heterocycles. The number of carbonyl (C=O) groups is 1. The molecule has 28 heavy (non-hydrogen) atoms. The molecule has 150 valence electrons. The van der Waals surface area contributed by atoms with E-state index in [1.807, 2.05) is 17.2 Å². The molecular formula is C22H30N4O2. The first-order valence-corrected chi connectivity index (χ1v) is 10.4. The number of rotatable bonds is 6. The fraction of sp³-hybridized carbons (Fsp3) is 0.545. The van der Waals surface area contributed by atoms with Crippen LogP contribution >= 0.6 is 0 Å². The molecule has 0 aliphatic carbocycles. The van der Waals surface area contributed by atoms with E-state index in [0.717, 1.165) is 44.8 Å². The third-order valence-electron chi connectivity index (χ3n) is 5.91. The van der Waals surface area contributed by atoms with E-state index in [1.165, 1.54) is 24.0 Å². The maximum absolute atomic E-state index is 12.4. The van der Waals surface area contributed by atoms with Gasteiger partial charge >= 0.3 is 0 Å². The van der Waals surface area contributed by atoms with Crippen LogP contribution in [0.2, 0.25) is 0 Å². The Bertz CT molecular complexity index is 755. The van der Waals surface area contributed by atoms with Crippen LogP contribution in [-0.4, -0.2) is 65.3 Å². The molecule has 1 N–H and O–H groups in total. The van der Waals surface area contributed by atoms with Gasteiger partial charge in [-0.2, -0.15) is 5.10 Å². The molecule has 0 bridgehead atoms. The van der Waals surface area contributed by atoms with E-state index < -0.39 is 0 Å². The average Bonchev–Trinajstić information content (AvgIpc) is 3.21. The van der Waals surface area contributed by atoms with E-state index >= 15 is 0 Å². The van der Waals surface area contributed by atoms with Crippen LogP contribution in [0.25, 0.3) is 11.3 Å². The van der Waals surface area contributed by atoms with Gasteiger partial charge in [-0.15, -0.1) is 0 Å². The van der Waals surface area contributed by atoms with Gasteiger partial charge in [0.2, 0.25) is 5.91 Å². The van der Waals surface area contributed by atoms with Crippen molar-refractivity contribution in [1.82, 2.24) is 20.0 Å². The first-order valence-electron chi connectivity index (χ1n) is 10.4. The predicted molar refractivity (Wildman–Crippen MR) is 109 cm³/mol. The summed E-state index contributed by atoms with van der Waals surface area (Å²) in [6.07, 6.45) is 6.04. The third-order valence-corrected chi connectivity index (χ3v) is 5.91. The molecule has 0 unspecified atom stereocenters. The maximum atomic E-state index is 12.4. The molecule has 1 amide bonds. The summed E-state index contributed by atoms with van der Waals surface area (Å²) < 4.78 is 5.34. The molecule has 0 saturated carbocycles. The lowest BCUT2D eigenvalue weighted by atomic mass is 9.92. The minimum Gasteiger partial charge on any atom is -0.378 e. The highest BCUT2D eigenvalue weighted by Gasteiger charge is 2.23. The lowest BCUT2D eigenvalue weighted by molar-refractivity contribution is -0.135. The van der Waals surface area contributed by atoms with E-state index in [4.69, 9.17) is 4.74 Å². The quantitative estimate of drug-likeness (QED) is 0.834. The maximum Gasteiger partial charge on any atom is 0.222 e. The largest absolute Gasteiger partial charge is 0.378 e. The zero-order chi connectivity index (χ0) is 19.2. The molecule has 1 atom stereocenters. The molecule has 2 saturated heterocycles. The van der Waals surface area contributed by atoms with E-state index in [-0.39, 0.29) is 0 Å². The van der Waals surface area contributed by atoms with Crippen molar-refractivity contribution in [1.29, 1.82) is 0 Å². The molecule has 4 rings (SSSR count). The summed E-state index contributed by atoms with van der Waals surface area (Å²) >= 11 is 0. The Balaban J connectivity index is 1.30. The van der Waals surface area contributed by atoms with E-state index in [0.29, 0.717) is 31.5 Å².